The zero-order valence-electron chi connectivity index (χ0n) is 16.4. The van der Waals surface area contributed by atoms with Gasteiger partial charge in [-0.3, -0.25) is 4.99 Å². The molecule has 1 saturated heterocycles. The predicted molar refractivity (Wildman–Crippen MR) is 113 cm³/mol. The van der Waals surface area contributed by atoms with Crippen molar-refractivity contribution in [1.29, 1.82) is 0 Å². The molecule has 0 radical (unpaired) electrons. The number of likely N-dealkylation sites (tertiary alicyclic amines) is 1. The van der Waals surface area contributed by atoms with Crippen LogP contribution in [0.4, 0.5) is 0 Å². The third-order valence-electron chi connectivity index (χ3n) is 4.39. The summed E-state index contributed by atoms with van der Waals surface area (Å²) in [4.78, 5) is 6.66. The summed E-state index contributed by atoms with van der Waals surface area (Å²) in [6.45, 7) is 8.24. The zero-order chi connectivity index (χ0) is 18.1. The van der Waals surface area contributed by atoms with E-state index in [0.717, 1.165) is 63.0 Å². The molecule has 150 valence electrons. The van der Waals surface area contributed by atoms with Crippen molar-refractivity contribution in [3.8, 4) is 0 Å². The molecule has 8 heteroatoms. The molecule has 0 aromatic carbocycles. The minimum Gasteiger partial charge on any atom is -0.385 e. The molecule has 0 aliphatic carbocycles. The predicted octanol–water partition coefficient (Wildman–Crippen LogP) is 3.01. The first kappa shape index (κ1) is 23.2. The SMILES string of the molecule is CN=C(NCc1cc(C(C)C)no1)N1CCC(OCCCOC)CC1.I. The Kier molecular flexibility index (Phi) is 11.1. The number of aromatic nitrogens is 1. The van der Waals surface area contributed by atoms with Gasteiger partial charge in [-0.25, -0.2) is 0 Å². The summed E-state index contributed by atoms with van der Waals surface area (Å²) in [7, 11) is 3.54. The maximum atomic E-state index is 5.91. The van der Waals surface area contributed by atoms with Crippen molar-refractivity contribution in [2.24, 2.45) is 4.99 Å². The first-order chi connectivity index (χ1) is 12.1. The highest BCUT2D eigenvalue weighted by molar-refractivity contribution is 14.0. The molecule has 2 heterocycles. The number of halogens is 1. The van der Waals surface area contributed by atoms with Crippen LogP contribution in [0.2, 0.25) is 0 Å². The Morgan fingerprint density at radius 3 is 2.69 bits per heavy atom. The molecule has 7 nitrogen and oxygen atoms in total. The van der Waals surface area contributed by atoms with Gasteiger partial charge in [-0.1, -0.05) is 19.0 Å². The van der Waals surface area contributed by atoms with E-state index >= 15 is 0 Å². The number of nitrogens with zero attached hydrogens (tertiary/aromatic N) is 3. The van der Waals surface area contributed by atoms with Crippen molar-refractivity contribution < 1.29 is 14.0 Å². The van der Waals surface area contributed by atoms with Crippen molar-refractivity contribution in [2.75, 3.05) is 40.5 Å². The van der Waals surface area contributed by atoms with Gasteiger partial charge in [0.1, 0.15) is 0 Å². The van der Waals surface area contributed by atoms with Gasteiger partial charge in [0.15, 0.2) is 11.7 Å². The quantitative estimate of drug-likeness (QED) is 0.267. The van der Waals surface area contributed by atoms with E-state index in [4.69, 9.17) is 14.0 Å². The smallest absolute Gasteiger partial charge is 0.194 e. The Morgan fingerprint density at radius 1 is 1.38 bits per heavy atom. The van der Waals surface area contributed by atoms with Crippen molar-refractivity contribution in [3.63, 3.8) is 0 Å². The minimum atomic E-state index is 0. The molecule has 0 bridgehead atoms. The summed E-state index contributed by atoms with van der Waals surface area (Å²) in [6, 6.07) is 2.00. The van der Waals surface area contributed by atoms with Gasteiger partial charge in [0.2, 0.25) is 0 Å². The average molecular weight is 480 g/mol. The number of nitrogens with one attached hydrogen (secondary N) is 1. The molecule has 0 saturated carbocycles. The van der Waals surface area contributed by atoms with E-state index < -0.39 is 0 Å². The lowest BCUT2D eigenvalue weighted by molar-refractivity contribution is 0.00988. The molecule has 0 amide bonds. The standard InChI is InChI=1S/C18H32N4O3.HI/c1-14(2)17-12-16(25-21-17)13-20-18(19-3)22-8-6-15(7-9-22)24-11-5-10-23-4;/h12,14-15H,5-11,13H2,1-4H3,(H,19,20);1H. The van der Waals surface area contributed by atoms with E-state index in [1.54, 1.807) is 7.11 Å². The Hall–Kier alpha value is -0.870. The lowest BCUT2D eigenvalue weighted by Crippen LogP contribution is -2.46. The fourth-order valence-corrected chi connectivity index (χ4v) is 2.87. The Bertz CT molecular complexity index is 528. The fraction of sp³-hybridized carbons (Fsp3) is 0.778. The fourth-order valence-electron chi connectivity index (χ4n) is 2.87. The molecule has 0 spiro atoms. The number of piperidine rings is 1. The van der Waals surface area contributed by atoms with Crippen LogP contribution in [0.1, 0.15) is 50.5 Å². The molecule has 0 atom stereocenters. The molecule has 1 aliphatic heterocycles. The van der Waals surface area contributed by atoms with Crippen molar-refractivity contribution in [2.45, 2.75) is 51.7 Å². The van der Waals surface area contributed by atoms with E-state index in [-0.39, 0.29) is 24.0 Å². The average Bonchev–Trinajstić information content (AvgIpc) is 3.10. The number of guanidine groups is 1. The van der Waals surface area contributed by atoms with Gasteiger partial charge in [-0.05, 0) is 25.2 Å². The lowest BCUT2D eigenvalue weighted by Gasteiger charge is -2.34. The molecular formula is C18H33IN4O3. The van der Waals surface area contributed by atoms with Crippen LogP contribution in [0.5, 0.6) is 0 Å². The molecule has 1 aliphatic rings. The van der Waals surface area contributed by atoms with Crippen LogP contribution < -0.4 is 5.32 Å². The molecule has 0 unspecified atom stereocenters. The first-order valence-corrected chi connectivity index (χ1v) is 9.15. The largest absolute Gasteiger partial charge is 0.385 e. The molecule has 1 aromatic rings. The van der Waals surface area contributed by atoms with E-state index in [9.17, 15) is 0 Å². The normalized spacial score (nSPS) is 16.0. The van der Waals surface area contributed by atoms with Gasteiger partial charge in [0.25, 0.3) is 0 Å². The van der Waals surface area contributed by atoms with Gasteiger partial charge >= 0.3 is 0 Å². The monoisotopic (exact) mass is 480 g/mol. The van der Waals surface area contributed by atoms with Crippen molar-refractivity contribution in [3.05, 3.63) is 17.5 Å². The van der Waals surface area contributed by atoms with Gasteiger partial charge in [-0.15, -0.1) is 24.0 Å². The van der Waals surface area contributed by atoms with Crippen LogP contribution in [0.15, 0.2) is 15.6 Å². The first-order valence-electron chi connectivity index (χ1n) is 9.15. The molecule has 26 heavy (non-hydrogen) atoms. The highest BCUT2D eigenvalue weighted by Crippen LogP contribution is 2.16. The number of aliphatic imine (C=N–C) groups is 1. The zero-order valence-corrected chi connectivity index (χ0v) is 18.7. The van der Waals surface area contributed by atoms with Gasteiger partial charge in [0.05, 0.1) is 18.3 Å². The minimum absolute atomic E-state index is 0. The maximum absolute atomic E-state index is 5.91. The molecule has 1 aromatic heterocycles. The molecule has 1 fully saturated rings. The topological polar surface area (TPSA) is 72.1 Å². The van der Waals surface area contributed by atoms with Gasteiger partial charge in [0, 0.05) is 46.5 Å². The molecular weight excluding hydrogens is 447 g/mol. The van der Waals surface area contributed by atoms with E-state index in [0.29, 0.717) is 18.6 Å². The Labute approximate surface area is 173 Å². The number of methoxy groups -OCH3 is 1. The number of ether oxygens (including phenoxy) is 2. The second kappa shape index (κ2) is 12.5. The van der Waals surface area contributed by atoms with Crippen LogP contribution in [0.3, 0.4) is 0 Å². The summed E-state index contributed by atoms with van der Waals surface area (Å²) in [6.07, 6.45) is 3.34. The van der Waals surface area contributed by atoms with E-state index in [1.165, 1.54) is 0 Å². The van der Waals surface area contributed by atoms with Crippen LogP contribution >= 0.6 is 24.0 Å². The number of hydrogen-bond acceptors (Lipinski definition) is 5. The second-order valence-electron chi connectivity index (χ2n) is 6.68. The number of rotatable bonds is 8. The summed E-state index contributed by atoms with van der Waals surface area (Å²) in [5.74, 6) is 2.11. The lowest BCUT2D eigenvalue weighted by atomic mass is 10.1. The molecule has 1 N–H and O–H groups in total. The summed E-state index contributed by atoms with van der Waals surface area (Å²) in [5, 5.41) is 7.46. The summed E-state index contributed by atoms with van der Waals surface area (Å²) < 4.78 is 16.3. The van der Waals surface area contributed by atoms with E-state index in [1.807, 2.05) is 13.1 Å². The van der Waals surface area contributed by atoms with E-state index in [2.05, 4.69) is 34.2 Å². The van der Waals surface area contributed by atoms with Crippen molar-refractivity contribution in [1.82, 2.24) is 15.4 Å². The third kappa shape index (κ3) is 7.40. The summed E-state index contributed by atoms with van der Waals surface area (Å²) >= 11 is 0. The Morgan fingerprint density at radius 2 is 2.12 bits per heavy atom. The van der Waals surface area contributed by atoms with Crippen molar-refractivity contribution >= 4 is 29.9 Å². The Balaban J connectivity index is 0.00000338. The number of hydrogen-bond donors (Lipinski definition) is 1. The summed E-state index contributed by atoms with van der Waals surface area (Å²) in [5.41, 5.74) is 0.984. The highest BCUT2D eigenvalue weighted by Gasteiger charge is 2.22. The van der Waals surface area contributed by atoms with Crippen LogP contribution in [-0.4, -0.2) is 62.6 Å². The molecule has 2 rings (SSSR count). The van der Waals surface area contributed by atoms with Crippen LogP contribution in [-0.2, 0) is 16.0 Å². The highest BCUT2D eigenvalue weighted by atomic mass is 127. The van der Waals surface area contributed by atoms with Crippen LogP contribution in [0.25, 0.3) is 0 Å². The van der Waals surface area contributed by atoms with Gasteiger partial charge < -0.3 is 24.2 Å². The second-order valence-corrected chi connectivity index (χ2v) is 6.68. The van der Waals surface area contributed by atoms with Crippen LogP contribution in [0, 0.1) is 0 Å². The third-order valence-corrected chi connectivity index (χ3v) is 4.39. The van der Waals surface area contributed by atoms with Gasteiger partial charge in [-0.2, -0.15) is 0 Å². The maximum Gasteiger partial charge on any atom is 0.194 e.